The van der Waals surface area contributed by atoms with E-state index in [0.717, 1.165) is 4.90 Å². The summed E-state index contributed by atoms with van der Waals surface area (Å²) in [4.78, 5) is 39.5. The Kier molecular flexibility index (Phi) is 4.46. The van der Waals surface area contributed by atoms with Gasteiger partial charge in [0.1, 0.15) is 12.4 Å². The van der Waals surface area contributed by atoms with E-state index in [0.29, 0.717) is 18.4 Å². The number of nitrogens with zero attached hydrogens (tertiary/aromatic N) is 2. The highest BCUT2D eigenvalue weighted by atomic mass is 19.1. The molecule has 1 aliphatic heterocycles. The quantitative estimate of drug-likeness (QED) is 0.624. The summed E-state index contributed by atoms with van der Waals surface area (Å²) >= 11 is 0. The molecule has 2 atom stereocenters. The molecule has 6 heteroatoms. The van der Waals surface area contributed by atoms with Gasteiger partial charge in [0, 0.05) is 19.2 Å². The number of likely N-dealkylation sites (N-methyl/N-ethyl adjacent to an activating group) is 1. The molecule has 1 saturated heterocycles. The van der Waals surface area contributed by atoms with Crippen LogP contribution in [0.1, 0.15) is 18.4 Å². The van der Waals surface area contributed by atoms with Crippen LogP contribution in [0.15, 0.2) is 36.4 Å². The molecule has 1 heterocycles. The lowest BCUT2D eigenvalue weighted by Crippen LogP contribution is -2.41. The normalized spacial score (nSPS) is 22.7. The summed E-state index contributed by atoms with van der Waals surface area (Å²) in [6.45, 7) is -0.189. The van der Waals surface area contributed by atoms with Crippen LogP contribution in [-0.2, 0) is 20.9 Å². The van der Waals surface area contributed by atoms with Gasteiger partial charge in [-0.1, -0.05) is 30.4 Å². The van der Waals surface area contributed by atoms with Crippen LogP contribution in [0.3, 0.4) is 0 Å². The molecule has 2 aliphatic rings. The van der Waals surface area contributed by atoms with Crippen molar-refractivity contribution >= 4 is 17.7 Å². The molecule has 0 radical (unpaired) electrons. The maximum Gasteiger partial charge on any atom is 0.242 e. The van der Waals surface area contributed by atoms with E-state index in [2.05, 4.69) is 0 Å². The Morgan fingerprint density at radius 3 is 2.33 bits per heavy atom. The van der Waals surface area contributed by atoms with E-state index < -0.39 is 0 Å². The minimum absolute atomic E-state index is 0.0934. The zero-order valence-corrected chi connectivity index (χ0v) is 13.4. The highest BCUT2D eigenvalue weighted by molar-refractivity contribution is 6.07. The Balaban J connectivity index is 1.65. The Labute approximate surface area is 139 Å². The Bertz CT molecular complexity index is 690. The average molecular weight is 330 g/mol. The molecule has 3 rings (SSSR count). The van der Waals surface area contributed by atoms with Gasteiger partial charge in [0.2, 0.25) is 17.7 Å². The van der Waals surface area contributed by atoms with Crippen LogP contribution >= 0.6 is 0 Å². The van der Waals surface area contributed by atoms with E-state index in [4.69, 9.17) is 0 Å². The zero-order chi connectivity index (χ0) is 17.3. The zero-order valence-electron chi connectivity index (χ0n) is 13.4. The van der Waals surface area contributed by atoms with Gasteiger partial charge in [0.15, 0.2) is 0 Å². The van der Waals surface area contributed by atoms with E-state index in [1.165, 1.54) is 18.0 Å². The summed E-state index contributed by atoms with van der Waals surface area (Å²) in [5.74, 6) is -2.00. The van der Waals surface area contributed by atoms with Crippen LogP contribution in [0, 0.1) is 17.7 Å². The first kappa shape index (κ1) is 16.4. The molecule has 0 bridgehead atoms. The molecular weight excluding hydrogens is 311 g/mol. The van der Waals surface area contributed by atoms with Crippen LogP contribution in [0.25, 0.3) is 0 Å². The van der Waals surface area contributed by atoms with Crippen molar-refractivity contribution in [3.63, 3.8) is 0 Å². The number of allylic oxidation sites excluding steroid dienone is 2. The summed E-state index contributed by atoms with van der Waals surface area (Å²) in [5.41, 5.74) is 0.394. The maximum absolute atomic E-state index is 13.7. The highest BCUT2D eigenvalue weighted by Gasteiger charge is 2.47. The summed E-state index contributed by atoms with van der Waals surface area (Å²) in [5, 5.41) is 0. The van der Waals surface area contributed by atoms with E-state index in [1.54, 1.807) is 18.2 Å². The number of carbonyl (C=O) groups excluding carboxylic acids is 3. The van der Waals surface area contributed by atoms with Crippen molar-refractivity contribution < 1.29 is 18.8 Å². The van der Waals surface area contributed by atoms with Gasteiger partial charge < -0.3 is 4.90 Å². The van der Waals surface area contributed by atoms with Crippen molar-refractivity contribution in [2.24, 2.45) is 11.8 Å². The average Bonchev–Trinajstić information content (AvgIpc) is 2.82. The van der Waals surface area contributed by atoms with Gasteiger partial charge in [0.05, 0.1) is 11.8 Å². The van der Waals surface area contributed by atoms with E-state index >= 15 is 0 Å². The molecule has 3 amide bonds. The lowest BCUT2D eigenvalue weighted by molar-refractivity contribution is -0.146. The molecule has 0 N–H and O–H groups in total. The predicted molar refractivity (Wildman–Crippen MR) is 84.9 cm³/mol. The van der Waals surface area contributed by atoms with Crippen molar-refractivity contribution in [3.05, 3.63) is 47.8 Å². The van der Waals surface area contributed by atoms with Crippen LogP contribution in [0.5, 0.6) is 0 Å². The van der Waals surface area contributed by atoms with E-state index in [9.17, 15) is 18.8 Å². The number of rotatable bonds is 4. The van der Waals surface area contributed by atoms with Crippen molar-refractivity contribution in [2.75, 3.05) is 13.6 Å². The van der Waals surface area contributed by atoms with Crippen LogP contribution < -0.4 is 0 Å². The third-order valence-electron chi connectivity index (χ3n) is 4.68. The second-order valence-electron chi connectivity index (χ2n) is 6.26. The number of carbonyl (C=O) groups is 3. The fourth-order valence-corrected chi connectivity index (χ4v) is 3.25. The third-order valence-corrected chi connectivity index (χ3v) is 4.68. The van der Waals surface area contributed by atoms with Crippen LogP contribution in [0.2, 0.25) is 0 Å². The summed E-state index contributed by atoms with van der Waals surface area (Å²) in [6, 6.07) is 6.21. The first-order valence-electron chi connectivity index (χ1n) is 7.96. The van der Waals surface area contributed by atoms with E-state index in [-0.39, 0.29) is 48.5 Å². The Morgan fingerprint density at radius 2 is 1.75 bits per heavy atom. The van der Waals surface area contributed by atoms with Gasteiger partial charge in [-0.25, -0.2) is 4.39 Å². The third kappa shape index (κ3) is 2.96. The molecule has 0 aromatic heterocycles. The van der Waals surface area contributed by atoms with Crippen LogP contribution in [-0.4, -0.2) is 41.1 Å². The van der Waals surface area contributed by atoms with Crippen molar-refractivity contribution in [3.8, 4) is 0 Å². The second-order valence-corrected chi connectivity index (χ2v) is 6.26. The topological polar surface area (TPSA) is 57.7 Å². The van der Waals surface area contributed by atoms with Crippen LogP contribution in [0.4, 0.5) is 4.39 Å². The minimum atomic E-state index is -0.387. The Morgan fingerprint density at radius 1 is 1.17 bits per heavy atom. The van der Waals surface area contributed by atoms with Gasteiger partial charge in [-0.05, 0) is 18.9 Å². The van der Waals surface area contributed by atoms with Gasteiger partial charge in [-0.15, -0.1) is 0 Å². The van der Waals surface area contributed by atoms with Gasteiger partial charge >= 0.3 is 0 Å². The molecule has 5 nitrogen and oxygen atoms in total. The molecule has 0 spiro atoms. The minimum Gasteiger partial charge on any atom is -0.340 e. The molecule has 126 valence electrons. The fourth-order valence-electron chi connectivity index (χ4n) is 3.25. The number of hydrogen-bond donors (Lipinski definition) is 0. The Hall–Kier alpha value is -2.50. The number of likely N-dealkylation sites (tertiary alicyclic amines) is 1. The first-order chi connectivity index (χ1) is 11.5. The summed E-state index contributed by atoms with van der Waals surface area (Å²) < 4.78 is 13.7. The number of amides is 3. The van der Waals surface area contributed by atoms with Crippen molar-refractivity contribution in [2.45, 2.75) is 19.4 Å². The molecule has 0 saturated carbocycles. The lowest BCUT2D eigenvalue weighted by Gasteiger charge is -2.21. The number of imide groups is 1. The number of benzene rings is 1. The molecule has 1 fully saturated rings. The summed E-state index contributed by atoms with van der Waals surface area (Å²) in [6.07, 6.45) is 4.90. The first-order valence-corrected chi connectivity index (χ1v) is 7.96. The standard InChI is InChI=1S/C18H19FN2O3/c1-20(10-12-6-2-5-9-15(12)19)16(22)11-21-17(23)13-7-3-4-8-14(13)18(21)24/h2-6,9,13-14H,7-8,10-11H2,1H3. The monoisotopic (exact) mass is 330 g/mol. The van der Waals surface area contributed by atoms with E-state index in [1.807, 2.05) is 12.2 Å². The fraction of sp³-hybridized carbons (Fsp3) is 0.389. The number of fused-ring (bicyclic) bond motifs is 1. The molecule has 1 aliphatic carbocycles. The van der Waals surface area contributed by atoms with Crippen molar-refractivity contribution in [1.82, 2.24) is 9.80 Å². The number of hydrogen-bond acceptors (Lipinski definition) is 3. The van der Waals surface area contributed by atoms with Gasteiger partial charge in [0.25, 0.3) is 0 Å². The number of halogens is 1. The highest BCUT2D eigenvalue weighted by Crippen LogP contribution is 2.34. The lowest BCUT2D eigenvalue weighted by atomic mass is 9.85. The van der Waals surface area contributed by atoms with Gasteiger partial charge in [-0.3, -0.25) is 19.3 Å². The second kappa shape index (κ2) is 6.55. The summed E-state index contributed by atoms with van der Waals surface area (Å²) in [7, 11) is 1.54. The molecule has 2 unspecified atom stereocenters. The smallest absolute Gasteiger partial charge is 0.242 e. The van der Waals surface area contributed by atoms with Crippen molar-refractivity contribution in [1.29, 1.82) is 0 Å². The molecule has 1 aromatic carbocycles. The maximum atomic E-state index is 13.7. The molecule has 1 aromatic rings. The largest absolute Gasteiger partial charge is 0.340 e. The molecular formula is C18H19FN2O3. The van der Waals surface area contributed by atoms with Gasteiger partial charge in [-0.2, -0.15) is 0 Å². The molecule has 24 heavy (non-hydrogen) atoms. The predicted octanol–water partition coefficient (Wildman–Crippen LogP) is 1.74. The SMILES string of the molecule is CN(Cc1ccccc1F)C(=O)CN1C(=O)C2CC=CCC2C1=O.